The minimum atomic E-state index is -0.543. The molecule has 1 aromatic carbocycles. The lowest BCUT2D eigenvalue weighted by Gasteiger charge is -3.12. The summed E-state index contributed by atoms with van der Waals surface area (Å²) in [5, 5.41) is 11.5. The van der Waals surface area contributed by atoms with Crippen molar-refractivity contribution in [2.45, 2.75) is 24.9 Å². The van der Waals surface area contributed by atoms with Crippen molar-refractivity contribution >= 4 is 26.8 Å². The van der Waals surface area contributed by atoms with Crippen LogP contribution in [0.25, 0.3) is 10.9 Å². The Labute approximate surface area is 147 Å². The highest BCUT2D eigenvalue weighted by Crippen LogP contribution is 3.11. The van der Waals surface area contributed by atoms with E-state index in [1.165, 1.54) is 6.07 Å². The number of halogens is 2. The lowest BCUT2D eigenvalue weighted by atomic mass is 8.91. The van der Waals surface area contributed by atoms with Gasteiger partial charge in [-0.2, -0.15) is 0 Å². The summed E-state index contributed by atoms with van der Waals surface area (Å²) >= 11 is 3.35. The fourth-order valence-corrected chi connectivity index (χ4v) is 9.11. The average molecular weight is 386 g/mol. The highest BCUT2D eigenvalue weighted by Gasteiger charge is 3.11. The molecule has 122 valence electrons. The quantitative estimate of drug-likeness (QED) is 0.850. The van der Waals surface area contributed by atoms with Gasteiger partial charge in [-0.15, -0.1) is 0 Å². The molecule has 0 unspecified atom stereocenters. The van der Waals surface area contributed by atoms with Gasteiger partial charge in [-0.1, -0.05) is 22.0 Å². The van der Waals surface area contributed by atoms with Crippen molar-refractivity contribution in [2.75, 3.05) is 0 Å². The van der Waals surface area contributed by atoms with Crippen LogP contribution in [0, 0.1) is 46.7 Å². The van der Waals surface area contributed by atoms with Gasteiger partial charge in [-0.05, 0) is 67.6 Å². The van der Waals surface area contributed by atoms with Crippen LogP contribution >= 0.6 is 15.9 Å². The van der Waals surface area contributed by atoms with Crippen molar-refractivity contribution in [3.63, 3.8) is 0 Å². The van der Waals surface area contributed by atoms with Crippen LogP contribution in [0.3, 0.4) is 0 Å². The van der Waals surface area contributed by atoms with Gasteiger partial charge >= 0.3 is 0 Å². The first-order chi connectivity index (χ1) is 11.4. The van der Waals surface area contributed by atoms with Gasteiger partial charge in [0.1, 0.15) is 5.52 Å². The summed E-state index contributed by atoms with van der Waals surface area (Å²) in [6.45, 7) is 4.00. The molecule has 0 bridgehead atoms. The number of aliphatic hydroxyl groups is 1. The van der Waals surface area contributed by atoms with E-state index in [9.17, 15) is 9.50 Å². The number of benzene rings is 1. The molecular formula is C20H17BrFNO. The van der Waals surface area contributed by atoms with E-state index in [0.29, 0.717) is 41.0 Å². The van der Waals surface area contributed by atoms with E-state index in [1.807, 2.05) is 26.0 Å². The zero-order chi connectivity index (χ0) is 16.4. The standard InChI is InChI=1S/C20H17BrFNO/c1-18(2,24)20-14-11-15(20)13-16(20)12(14)19(11,13)10-4-3-7-5-8(21)6-9(22)17(7)23-10/h3-6,11-16,24H,1-2H3. The van der Waals surface area contributed by atoms with Crippen LogP contribution in [0.2, 0.25) is 0 Å². The first kappa shape index (κ1) is 13.2. The maximum Gasteiger partial charge on any atom is 0.150 e. The van der Waals surface area contributed by atoms with Crippen molar-refractivity contribution in [1.29, 1.82) is 0 Å². The molecule has 6 aliphatic carbocycles. The second kappa shape index (κ2) is 3.21. The molecule has 0 saturated heterocycles. The average Bonchev–Trinajstić information content (AvgIpc) is 2.53. The second-order valence-electron chi connectivity index (χ2n) is 9.24. The second-order valence-corrected chi connectivity index (χ2v) is 10.2. The van der Waals surface area contributed by atoms with E-state index >= 15 is 0 Å². The van der Waals surface area contributed by atoms with Gasteiger partial charge in [0.05, 0.1) is 5.60 Å². The van der Waals surface area contributed by atoms with Crippen LogP contribution in [0.4, 0.5) is 4.39 Å². The Hall–Kier alpha value is -1.00. The van der Waals surface area contributed by atoms with Crippen LogP contribution in [-0.4, -0.2) is 15.7 Å². The first-order valence-electron chi connectivity index (χ1n) is 8.85. The highest BCUT2D eigenvalue weighted by molar-refractivity contribution is 9.10. The minimum Gasteiger partial charge on any atom is -0.390 e. The van der Waals surface area contributed by atoms with Gasteiger partial charge in [0, 0.05) is 26.4 Å². The molecule has 1 N–H and O–H groups in total. The fourth-order valence-electron chi connectivity index (χ4n) is 8.66. The van der Waals surface area contributed by atoms with Crippen LogP contribution < -0.4 is 0 Å². The molecule has 1 aromatic heterocycles. The van der Waals surface area contributed by atoms with Gasteiger partial charge in [0.25, 0.3) is 0 Å². The predicted molar refractivity (Wildman–Crippen MR) is 90.7 cm³/mol. The lowest BCUT2D eigenvalue weighted by Crippen LogP contribution is -3.13. The van der Waals surface area contributed by atoms with E-state index < -0.39 is 5.60 Å². The number of nitrogens with zero attached hydrogens (tertiary/aromatic N) is 1. The zero-order valence-electron chi connectivity index (χ0n) is 13.4. The van der Waals surface area contributed by atoms with E-state index in [0.717, 1.165) is 15.6 Å². The van der Waals surface area contributed by atoms with Crippen molar-refractivity contribution in [2.24, 2.45) is 40.9 Å². The summed E-state index contributed by atoms with van der Waals surface area (Å²) in [4.78, 5) is 4.78. The Morgan fingerprint density at radius 3 is 2.29 bits per heavy atom. The van der Waals surface area contributed by atoms with Crippen molar-refractivity contribution in [3.8, 4) is 0 Å². The summed E-state index contributed by atoms with van der Waals surface area (Å²) in [5.41, 5.74) is 1.53. The van der Waals surface area contributed by atoms with Crippen molar-refractivity contribution in [1.82, 2.24) is 4.98 Å². The smallest absolute Gasteiger partial charge is 0.150 e. The van der Waals surface area contributed by atoms with E-state index in [4.69, 9.17) is 4.98 Å². The minimum absolute atomic E-state index is 0.224. The van der Waals surface area contributed by atoms with Gasteiger partial charge in [-0.25, -0.2) is 9.37 Å². The van der Waals surface area contributed by atoms with Crippen LogP contribution in [0.1, 0.15) is 19.5 Å². The van der Waals surface area contributed by atoms with Gasteiger partial charge in [-0.3, -0.25) is 0 Å². The molecule has 0 aliphatic heterocycles. The summed E-state index contributed by atoms with van der Waals surface area (Å²) in [5.74, 6) is 3.96. The zero-order valence-corrected chi connectivity index (χ0v) is 15.0. The van der Waals surface area contributed by atoms with Crippen molar-refractivity contribution in [3.05, 3.63) is 40.2 Å². The Morgan fingerprint density at radius 2 is 1.71 bits per heavy atom. The molecule has 4 heteroatoms. The Balaban J connectivity index is 1.34. The number of aromatic nitrogens is 1. The van der Waals surface area contributed by atoms with Crippen LogP contribution in [0.5, 0.6) is 0 Å². The molecule has 2 nitrogen and oxygen atoms in total. The molecular weight excluding hydrogens is 369 g/mol. The topological polar surface area (TPSA) is 33.1 Å². The van der Waals surface area contributed by atoms with Crippen LogP contribution in [-0.2, 0) is 5.41 Å². The van der Waals surface area contributed by atoms with Gasteiger partial charge in [0.2, 0.25) is 0 Å². The number of hydrogen-bond donors (Lipinski definition) is 1. The van der Waals surface area contributed by atoms with E-state index in [1.54, 1.807) is 0 Å². The third-order valence-corrected chi connectivity index (χ3v) is 9.30. The summed E-state index contributed by atoms with van der Waals surface area (Å²) in [7, 11) is 0. The lowest BCUT2D eigenvalue weighted by molar-refractivity contribution is -0.649. The van der Waals surface area contributed by atoms with E-state index in [-0.39, 0.29) is 16.6 Å². The Bertz CT molecular complexity index is 939. The third kappa shape index (κ3) is 0.857. The number of rotatable bonds is 2. The maximum atomic E-state index is 14.3. The SMILES string of the molecule is CC(C)(O)C12C3C4C1C1C2C3C41c1ccc2cc(Br)cc(F)c2n1. The Kier molecular flexibility index (Phi) is 1.77. The molecule has 0 radical (unpaired) electrons. The van der Waals surface area contributed by atoms with Crippen molar-refractivity contribution < 1.29 is 9.50 Å². The summed E-state index contributed by atoms with van der Waals surface area (Å²) < 4.78 is 15.1. The normalized spacial score (nSPS) is 51.0. The summed E-state index contributed by atoms with van der Waals surface area (Å²) in [6, 6.07) is 7.59. The molecule has 0 spiro atoms. The molecule has 8 rings (SSSR count). The fraction of sp³-hybridized carbons (Fsp3) is 0.550. The predicted octanol–water partition coefficient (Wildman–Crippen LogP) is 3.90. The van der Waals surface area contributed by atoms with Crippen LogP contribution in [0.15, 0.2) is 28.7 Å². The number of fused-ring (bicyclic) bond motifs is 1. The van der Waals surface area contributed by atoms with E-state index in [2.05, 4.69) is 22.0 Å². The first-order valence-corrected chi connectivity index (χ1v) is 9.64. The Morgan fingerprint density at radius 1 is 1.08 bits per heavy atom. The highest BCUT2D eigenvalue weighted by atomic mass is 79.9. The number of hydrogen-bond acceptors (Lipinski definition) is 2. The van der Waals surface area contributed by atoms with Gasteiger partial charge < -0.3 is 5.11 Å². The molecule has 6 saturated carbocycles. The molecule has 2 aromatic rings. The monoisotopic (exact) mass is 385 g/mol. The van der Waals surface area contributed by atoms with Gasteiger partial charge in [0.15, 0.2) is 5.82 Å². The number of pyridine rings is 1. The molecule has 24 heavy (non-hydrogen) atoms. The summed E-state index contributed by atoms with van der Waals surface area (Å²) in [6.07, 6.45) is 0. The molecule has 1 heterocycles. The third-order valence-electron chi connectivity index (χ3n) is 8.84. The maximum absolute atomic E-state index is 14.3. The molecule has 0 amide bonds. The molecule has 6 fully saturated rings. The molecule has 0 atom stereocenters. The largest absolute Gasteiger partial charge is 0.390 e. The molecule has 6 aliphatic rings.